The Morgan fingerprint density at radius 3 is 2.63 bits per heavy atom. The first-order chi connectivity index (χ1) is 14.7. The monoisotopic (exact) mass is 429 g/mol. The van der Waals surface area contributed by atoms with Crippen molar-refractivity contribution in [3.05, 3.63) is 29.8 Å². The standard InChI is InChI=1S/C22H32N6OS/c1-18-10-4-5-11-19(18)28-21(24-25-26-28)30-16-20(29)23-17-22(12-6-2-7-13-22)27-14-8-3-9-15-27/h4-5,10-11H,2-3,6-9,12-17H2,1H3,(H,23,29)/p+1. The molecule has 4 rings (SSSR count). The van der Waals surface area contributed by atoms with Crippen LogP contribution >= 0.6 is 11.8 Å². The summed E-state index contributed by atoms with van der Waals surface area (Å²) in [5.41, 5.74) is 2.28. The van der Waals surface area contributed by atoms with Gasteiger partial charge in [0.2, 0.25) is 11.1 Å². The molecule has 0 bridgehead atoms. The van der Waals surface area contributed by atoms with Gasteiger partial charge in [-0.3, -0.25) is 4.79 Å². The molecule has 2 fully saturated rings. The summed E-state index contributed by atoms with van der Waals surface area (Å²) in [5.74, 6) is 0.401. The molecule has 0 unspecified atom stereocenters. The highest BCUT2D eigenvalue weighted by Gasteiger charge is 2.42. The molecule has 30 heavy (non-hydrogen) atoms. The van der Waals surface area contributed by atoms with Gasteiger partial charge in [0.15, 0.2) is 0 Å². The van der Waals surface area contributed by atoms with Gasteiger partial charge in [-0.2, -0.15) is 4.68 Å². The largest absolute Gasteiger partial charge is 0.349 e. The minimum absolute atomic E-state index is 0.0701. The van der Waals surface area contributed by atoms with E-state index in [-0.39, 0.29) is 11.4 Å². The van der Waals surface area contributed by atoms with Crippen molar-refractivity contribution in [2.75, 3.05) is 25.4 Å². The fourth-order valence-electron chi connectivity index (χ4n) is 5.06. The van der Waals surface area contributed by atoms with Gasteiger partial charge in [0.1, 0.15) is 5.54 Å². The van der Waals surface area contributed by atoms with E-state index in [1.807, 2.05) is 31.2 Å². The smallest absolute Gasteiger partial charge is 0.230 e. The first-order valence-electron chi connectivity index (χ1n) is 11.3. The number of tetrazole rings is 1. The summed E-state index contributed by atoms with van der Waals surface area (Å²) in [6.45, 7) is 5.35. The van der Waals surface area contributed by atoms with E-state index >= 15 is 0 Å². The van der Waals surface area contributed by atoms with Crippen molar-refractivity contribution in [3.8, 4) is 5.69 Å². The maximum Gasteiger partial charge on any atom is 0.230 e. The average molecular weight is 430 g/mol. The second kappa shape index (κ2) is 9.92. The number of nitrogens with zero attached hydrogens (tertiary/aromatic N) is 4. The minimum Gasteiger partial charge on any atom is -0.349 e. The van der Waals surface area contributed by atoms with Crippen LogP contribution in [0.3, 0.4) is 0 Å². The van der Waals surface area contributed by atoms with E-state index in [0.29, 0.717) is 10.9 Å². The number of quaternary nitrogens is 1. The van der Waals surface area contributed by atoms with E-state index < -0.39 is 0 Å². The summed E-state index contributed by atoms with van der Waals surface area (Å²) in [6.07, 6.45) is 10.4. The lowest BCUT2D eigenvalue weighted by atomic mass is 9.79. The highest BCUT2D eigenvalue weighted by molar-refractivity contribution is 7.99. The number of rotatable bonds is 7. The van der Waals surface area contributed by atoms with Gasteiger partial charge >= 0.3 is 0 Å². The number of aryl methyl sites for hydroxylation is 1. The van der Waals surface area contributed by atoms with E-state index in [9.17, 15) is 4.79 Å². The normalized spacial score (nSPS) is 19.5. The van der Waals surface area contributed by atoms with E-state index in [2.05, 4.69) is 20.8 Å². The van der Waals surface area contributed by atoms with Gasteiger partial charge in [0.05, 0.1) is 31.1 Å². The van der Waals surface area contributed by atoms with Crippen molar-refractivity contribution in [2.24, 2.45) is 0 Å². The Hall–Kier alpha value is -1.93. The number of hydrogen-bond acceptors (Lipinski definition) is 5. The van der Waals surface area contributed by atoms with Gasteiger partial charge in [-0.25, -0.2) is 0 Å². The van der Waals surface area contributed by atoms with E-state index in [1.54, 1.807) is 9.58 Å². The molecule has 2 N–H and O–H groups in total. The first-order valence-corrected chi connectivity index (χ1v) is 12.3. The van der Waals surface area contributed by atoms with Crippen LogP contribution < -0.4 is 10.2 Å². The van der Waals surface area contributed by atoms with Crippen molar-refractivity contribution < 1.29 is 9.69 Å². The maximum atomic E-state index is 12.7. The predicted octanol–water partition coefficient (Wildman–Crippen LogP) is 1.95. The second-order valence-electron chi connectivity index (χ2n) is 8.73. The zero-order chi connectivity index (χ0) is 20.8. The number of amides is 1. The zero-order valence-corrected chi connectivity index (χ0v) is 18.7. The van der Waals surface area contributed by atoms with Gasteiger partial charge in [0.25, 0.3) is 0 Å². The Morgan fingerprint density at radius 1 is 1.13 bits per heavy atom. The summed E-state index contributed by atoms with van der Waals surface area (Å²) in [5, 5.41) is 16.0. The van der Waals surface area contributed by atoms with E-state index in [1.165, 1.54) is 76.2 Å². The molecule has 7 nitrogen and oxygen atoms in total. The van der Waals surface area contributed by atoms with E-state index in [4.69, 9.17) is 0 Å². The van der Waals surface area contributed by atoms with Gasteiger partial charge in [0, 0.05) is 12.8 Å². The Bertz CT molecular complexity index is 842. The summed E-state index contributed by atoms with van der Waals surface area (Å²) in [4.78, 5) is 14.4. The van der Waals surface area contributed by atoms with Crippen LogP contribution in [0.2, 0.25) is 0 Å². The molecule has 0 atom stereocenters. The van der Waals surface area contributed by atoms with Crippen molar-refractivity contribution >= 4 is 17.7 Å². The van der Waals surface area contributed by atoms with Crippen LogP contribution in [0.4, 0.5) is 0 Å². The maximum absolute atomic E-state index is 12.7. The SMILES string of the molecule is Cc1ccccc1-n1nnnc1SCC(=O)NCC1([NH+]2CCCCC2)CCCCC1. The van der Waals surface area contributed by atoms with Crippen LogP contribution in [0.5, 0.6) is 0 Å². The number of hydrogen-bond donors (Lipinski definition) is 2. The average Bonchev–Trinajstić information content (AvgIpc) is 3.26. The molecular formula is C22H33N6OS+. The Balaban J connectivity index is 1.35. The second-order valence-corrected chi connectivity index (χ2v) is 9.67. The molecule has 1 aliphatic heterocycles. The zero-order valence-electron chi connectivity index (χ0n) is 17.9. The number of aromatic nitrogens is 4. The third kappa shape index (κ3) is 4.86. The van der Waals surface area contributed by atoms with Gasteiger partial charge < -0.3 is 10.2 Å². The van der Waals surface area contributed by atoms with Crippen molar-refractivity contribution in [3.63, 3.8) is 0 Å². The topological polar surface area (TPSA) is 77.1 Å². The summed E-state index contributed by atoms with van der Waals surface area (Å²) in [7, 11) is 0. The number of piperidine rings is 1. The third-order valence-corrected chi connectivity index (χ3v) is 7.68. The van der Waals surface area contributed by atoms with Crippen LogP contribution in [-0.2, 0) is 4.79 Å². The van der Waals surface area contributed by atoms with Crippen molar-refractivity contribution in [1.29, 1.82) is 0 Å². The molecule has 1 saturated carbocycles. The van der Waals surface area contributed by atoms with Gasteiger partial charge in [-0.15, -0.1) is 5.10 Å². The number of carbonyl (C=O) groups excluding carboxylic acids is 1. The molecule has 1 aromatic carbocycles. The van der Waals surface area contributed by atoms with Crippen LogP contribution in [0.15, 0.2) is 29.4 Å². The highest BCUT2D eigenvalue weighted by atomic mass is 32.2. The molecule has 2 aromatic rings. The molecule has 1 amide bonds. The van der Waals surface area contributed by atoms with Crippen LogP contribution in [-0.4, -0.2) is 57.0 Å². The molecule has 2 heterocycles. The third-order valence-electron chi connectivity index (χ3n) is 6.76. The summed E-state index contributed by atoms with van der Waals surface area (Å²) in [6, 6.07) is 7.99. The highest BCUT2D eigenvalue weighted by Crippen LogP contribution is 2.26. The number of likely N-dealkylation sites (tertiary alicyclic amines) is 1. The lowest BCUT2D eigenvalue weighted by molar-refractivity contribution is -0.957. The minimum atomic E-state index is 0.0701. The molecule has 162 valence electrons. The number of thioether (sulfide) groups is 1. The lowest BCUT2D eigenvalue weighted by Crippen LogP contribution is -3.22. The van der Waals surface area contributed by atoms with Crippen LogP contribution in [0, 0.1) is 6.92 Å². The van der Waals surface area contributed by atoms with Gasteiger partial charge in [-0.05, 0) is 61.1 Å². The quantitative estimate of drug-likeness (QED) is 0.658. The fraction of sp³-hybridized carbons (Fsp3) is 0.636. The Morgan fingerprint density at radius 2 is 1.87 bits per heavy atom. The van der Waals surface area contributed by atoms with Crippen molar-refractivity contribution in [2.45, 2.75) is 69.0 Å². The number of carbonyl (C=O) groups is 1. The first kappa shape index (κ1) is 21.3. The van der Waals surface area contributed by atoms with Crippen LogP contribution in [0.25, 0.3) is 5.69 Å². The van der Waals surface area contributed by atoms with E-state index in [0.717, 1.165) is 17.8 Å². The number of para-hydroxylation sites is 1. The van der Waals surface area contributed by atoms with Crippen molar-refractivity contribution in [1.82, 2.24) is 25.5 Å². The molecule has 1 saturated heterocycles. The molecule has 8 heteroatoms. The molecule has 1 aliphatic carbocycles. The number of nitrogens with one attached hydrogen (secondary N) is 2. The molecule has 0 radical (unpaired) electrons. The summed E-state index contributed by atoms with van der Waals surface area (Å²) < 4.78 is 1.72. The molecule has 2 aliphatic rings. The predicted molar refractivity (Wildman–Crippen MR) is 118 cm³/mol. The molecular weight excluding hydrogens is 396 g/mol. The fourth-order valence-corrected chi connectivity index (χ4v) is 5.78. The number of benzene rings is 1. The summed E-state index contributed by atoms with van der Waals surface area (Å²) >= 11 is 1.39. The lowest BCUT2D eigenvalue weighted by Gasteiger charge is -2.45. The Kier molecular flexibility index (Phi) is 7.04. The molecule has 0 spiro atoms. The van der Waals surface area contributed by atoms with Crippen LogP contribution in [0.1, 0.15) is 56.9 Å². The molecule has 1 aromatic heterocycles. The Labute approximate surface area is 183 Å². The van der Waals surface area contributed by atoms with Gasteiger partial charge in [-0.1, -0.05) is 36.4 Å².